The molecular formula is C12H16O7S. The fraction of sp³-hybridized carbons (Fsp3) is 0.750. The zero-order valence-corrected chi connectivity index (χ0v) is 12.2. The van der Waals surface area contributed by atoms with Crippen molar-refractivity contribution in [3.05, 3.63) is 0 Å². The average molecular weight is 304 g/mol. The molecule has 7 nitrogen and oxygen atoms in total. The molecule has 0 N–H and O–H groups in total. The fourth-order valence-corrected chi connectivity index (χ4v) is 3.57. The van der Waals surface area contributed by atoms with E-state index in [1.54, 1.807) is 0 Å². The van der Waals surface area contributed by atoms with E-state index in [0.717, 1.165) is 0 Å². The van der Waals surface area contributed by atoms with Crippen LogP contribution in [0.25, 0.3) is 0 Å². The highest BCUT2D eigenvalue weighted by Crippen LogP contribution is 2.41. The number of rotatable bonds is 3. The van der Waals surface area contributed by atoms with Crippen molar-refractivity contribution in [1.29, 1.82) is 0 Å². The van der Waals surface area contributed by atoms with Gasteiger partial charge in [0.05, 0.1) is 0 Å². The molecule has 8 heteroatoms. The summed E-state index contributed by atoms with van der Waals surface area (Å²) >= 11 is 1.37. The molecule has 2 heterocycles. The van der Waals surface area contributed by atoms with Gasteiger partial charge < -0.3 is 18.9 Å². The lowest BCUT2D eigenvalue weighted by molar-refractivity contribution is -0.168. The highest BCUT2D eigenvalue weighted by atomic mass is 32.2. The van der Waals surface area contributed by atoms with E-state index in [1.165, 1.54) is 32.5 Å². The van der Waals surface area contributed by atoms with Crippen LogP contribution in [0.2, 0.25) is 0 Å². The molecule has 20 heavy (non-hydrogen) atoms. The van der Waals surface area contributed by atoms with Gasteiger partial charge in [-0.1, -0.05) is 0 Å². The lowest BCUT2D eigenvalue weighted by Gasteiger charge is -2.29. The highest BCUT2D eigenvalue weighted by Gasteiger charge is 2.56. The quantitative estimate of drug-likeness (QED) is 0.542. The largest absolute Gasteiger partial charge is 0.459 e. The van der Waals surface area contributed by atoms with Crippen molar-refractivity contribution < 1.29 is 33.3 Å². The molecule has 0 aromatic carbocycles. The highest BCUT2D eigenvalue weighted by molar-refractivity contribution is 7.99. The first kappa shape index (κ1) is 15.1. The molecule has 2 rings (SSSR count). The first-order chi connectivity index (χ1) is 9.38. The summed E-state index contributed by atoms with van der Waals surface area (Å²) in [4.78, 5) is 33.5. The smallest absolute Gasteiger partial charge is 0.303 e. The third kappa shape index (κ3) is 3.24. The van der Waals surface area contributed by atoms with Crippen molar-refractivity contribution in [1.82, 2.24) is 0 Å². The van der Waals surface area contributed by atoms with Gasteiger partial charge in [0.1, 0.15) is 17.6 Å². The molecule has 0 aromatic heterocycles. The minimum atomic E-state index is -0.763. The van der Waals surface area contributed by atoms with Crippen molar-refractivity contribution in [2.45, 2.75) is 50.6 Å². The minimum Gasteiger partial charge on any atom is -0.459 e. The van der Waals surface area contributed by atoms with Gasteiger partial charge in [0.25, 0.3) is 0 Å². The summed E-state index contributed by atoms with van der Waals surface area (Å²) in [7, 11) is 0. The van der Waals surface area contributed by atoms with Crippen LogP contribution in [0.1, 0.15) is 20.8 Å². The fourth-order valence-electron chi connectivity index (χ4n) is 2.32. The molecule has 0 amide bonds. The summed E-state index contributed by atoms with van der Waals surface area (Å²) in [5, 5.41) is 0. The standard InChI is InChI=1S/C12H16O7S/c1-5(13)16-8-4-20-12-11(18-7(3)15)10(9(8)19-12)17-6(2)14/h8-12H,4H2,1-3H3/t8-,9-,10+,11-,12+/m1/s1. The Morgan fingerprint density at radius 2 is 1.50 bits per heavy atom. The lowest BCUT2D eigenvalue weighted by Crippen LogP contribution is -2.44. The van der Waals surface area contributed by atoms with Gasteiger partial charge >= 0.3 is 17.9 Å². The van der Waals surface area contributed by atoms with Crippen LogP contribution >= 0.6 is 11.8 Å². The second-order valence-electron chi connectivity index (χ2n) is 4.60. The number of thioether (sulfide) groups is 1. The molecule has 2 aliphatic rings. The number of fused-ring (bicyclic) bond motifs is 2. The maximum Gasteiger partial charge on any atom is 0.303 e. The van der Waals surface area contributed by atoms with Crippen molar-refractivity contribution >= 4 is 29.7 Å². The van der Waals surface area contributed by atoms with E-state index in [9.17, 15) is 14.4 Å². The van der Waals surface area contributed by atoms with Crippen molar-refractivity contribution in [2.24, 2.45) is 0 Å². The predicted octanol–water partition coefficient (Wildman–Crippen LogP) is 0.253. The Morgan fingerprint density at radius 1 is 0.950 bits per heavy atom. The van der Waals surface area contributed by atoms with Crippen LogP contribution < -0.4 is 0 Å². The van der Waals surface area contributed by atoms with Crippen LogP contribution in [-0.2, 0) is 33.3 Å². The molecule has 5 atom stereocenters. The van der Waals surface area contributed by atoms with E-state index in [2.05, 4.69) is 0 Å². The summed E-state index contributed by atoms with van der Waals surface area (Å²) in [5.41, 5.74) is -0.417. The number of ether oxygens (including phenoxy) is 4. The maximum atomic E-state index is 11.2. The number of hydrogen-bond acceptors (Lipinski definition) is 8. The molecule has 0 spiro atoms. The molecule has 0 radical (unpaired) electrons. The van der Waals surface area contributed by atoms with Crippen molar-refractivity contribution in [3.8, 4) is 0 Å². The second kappa shape index (κ2) is 6.01. The summed E-state index contributed by atoms with van der Waals surface area (Å²) in [6, 6.07) is 0. The second-order valence-corrected chi connectivity index (χ2v) is 5.73. The average Bonchev–Trinajstić information content (AvgIpc) is 2.57. The number of hydrogen-bond donors (Lipinski definition) is 0. The van der Waals surface area contributed by atoms with Crippen LogP contribution in [-0.4, -0.2) is 53.5 Å². The summed E-state index contributed by atoms with van der Waals surface area (Å²) in [6.45, 7) is 3.85. The van der Waals surface area contributed by atoms with E-state index in [1.807, 2.05) is 0 Å². The van der Waals surface area contributed by atoms with Gasteiger partial charge in [-0.3, -0.25) is 14.4 Å². The molecule has 0 unspecified atom stereocenters. The van der Waals surface area contributed by atoms with E-state index < -0.39 is 47.8 Å². The topological polar surface area (TPSA) is 88.1 Å². The minimum absolute atomic E-state index is 0.417. The van der Waals surface area contributed by atoms with Crippen LogP contribution in [0.4, 0.5) is 0 Å². The molecule has 0 aliphatic carbocycles. The lowest BCUT2D eigenvalue weighted by atomic mass is 10.1. The van der Waals surface area contributed by atoms with Crippen LogP contribution in [0, 0.1) is 0 Å². The van der Waals surface area contributed by atoms with Gasteiger partial charge in [-0.05, 0) is 0 Å². The third-order valence-corrected chi connectivity index (χ3v) is 4.15. The summed E-state index contributed by atoms with van der Waals surface area (Å²) < 4.78 is 21.2. The predicted molar refractivity (Wildman–Crippen MR) is 67.8 cm³/mol. The van der Waals surface area contributed by atoms with E-state index >= 15 is 0 Å². The van der Waals surface area contributed by atoms with Gasteiger partial charge in [-0.2, -0.15) is 0 Å². The maximum absolute atomic E-state index is 11.2. The van der Waals surface area contributed by atoms with Gasteiger partial charge in [0.15, 0.2) is 12.2 Å². The molecule has 2 saturated heterocycles. The van der Waals surface area contributed by atoms with Crippen LogP contribution in [0.15, 0.2) is 0 Å². The molecule has 2 bridgehead atoms. The van der Waals surface area contributed by atoms with Gasteiger partial charge in [-0.15, -0.1) is 11.8 Å². The SMILES string of the molecule is CC(=O)O[C@@H]1[C@@H](OC(C)=O)[C@H]2O[C@@H]1[C@H](OC(C)=O)CS2. The van der Waals surface area contributed by atoms with Crippen LogP contribution in [0.3, 0.4) is 0 Å². The first-order valence-electron chi connectivity index (χ1n) is 6.17. The zero-order chi connectivity index (χ0) is 14.9. The first-order valence-corrected chi connectivity index (χ1v) is 7.22. The van der Waals surface area contributed by atoms with Crippen molar-refractivity contribution in [3.63, 3.8) is 0 Å². The summed E-state index contributed by atoms with van der Waals surface area (Å²) in [5.74, 6) is -0.914. The Kier molecular flexibility index (Phi) is 4.54. The molecule has 2 aliphatic heterocycles. The number of esters is 3. The van der Waals surface area contributed by atoms with Gasteiger partial charge in [0.2, 0.25) is 0 Å². The van der Waals surface area contributed by atoms with E-state index in [-0.39, 0.29) is 0 Å². The van der Waals surface area contributed by atoms with Crippen molar-refractivity contribution in [2.75, 3.05) is 5.75 Å². The Morgan fingerprint density at radius 3 is 2.05 bits per heavy atom. The van der Waals surface area contributed by atoms with E-state index in [0.29, 0.717) is 5.75 Å². The van der Waals surface area contributed by atoms with Gasteiger partial charge in [-0.25, -0.2) is 0 Å². The molecule has 2 fully saturated rings. The Balaban J connectivity index is 2.17. The molecule has 0 saturated carbocycles. The molecule has 0 aromatic rings. The Bertz CT molecular complexity index is 424. The normalized spacial score (nSPS) is 35.2. The van der Waals surface area contributed by atoms with Gasteiger partial charge in [0, 0.05) is 26.5 Å². The third-order valence-electron chi connectivity index (χ3n) is 2.92. The molecular weight excluding hydrogens is 288 g/mol. The van der Waals surface area contributed by atoms with E-state index in [4.69, 9.17) is 18.9 Å². The van der Waals surface area contributed by atoms with Crippen LogP contribution in [0.5, 0.6) is 0 Å². The Hall–Kier alpha value is -1.28. The number of carbonyl (C=O) groups excluding carboxylic acids is 3. The molecule has 112 valence electrons. The zero-order valence-electron chi connectivity index (χ0n) is 11.4. The number of carbonyl (C=O) groups is 3. The monoisotopic (exact) mass is 304 g/mol. The Labute approximate surface area is 120 Å². The summed E-state index contributed by atoms with van der Waals surface area (Å²) in [6.07, 6.45) is -2.59.